The fourth-order valence-corrected chi connectivity index (χ4v) is 3.09. The van der Waals surface area contributed by atoms with Gasteiger partial charge in [0.05, 0.1) is 21.7 Å². The van der Waals surface area contributed by atoms with Crippen LogP contribution in [0.5, 0.6) is 0 Å². The Morgan fingerprint density at radius 2 is 1.90 bits per heavy atom. The van der Waals surface area contributed by atoms with Crippen LogP contribution in [0.2, 0.25) is 10.0 Å². The Kier molecular flexibility index (Phi) is 4.12. The van der Waals surface area contributed by atoms with E-state index in [9.17, 15) is 0 Å². The van der Waals surface area contributed by atoms with Crippen molar-refractivity contribution in [3.8, 4) is 5.69 Å². The van der Waals surface area contributed by atoms with Crippen molar-refractivity contribution in [1.82, 2.24) is 9.55 Å². The Morgan fingerprint density at radius 1 is 1.10 bits per heavy atom. The van der Waals surface area contributed by atoms with E-state index in [4.69, 9.17) is 39.8 Å². The van der Waals surface area contributed by atoms with E-state index in [0.717, 1.165) is 22.5 Å². The molecule has 0 radical (unpaired) electrons. The molecule has 0 fully saturated rings. The number of benzene rings is 2. The first-order valence-corrected chi connectivity index (χ1v) is 7.88. The number of aryl methyl sites for hydroxylation is 2. The molecule has 21 heavy (non-hydrogen) atoms. The highest BCUT2D eigenvalue weighted by molar-refractivity contribution is 6.35. The molecular weight excluding hydrogens is 327 g/mol. The van der Waals surface area contributed by atoms with Crippen molar-refractivity contribution in [3.05, 3.63) is 57.8 Å². The largest absolute Gasteiger partial charge is 0.295 e. The Balaban J connectivity index is 2.30. The van der Waals surface area contributed by atoms with Crippen LogP contribution < -0.4 is 0 Å². The molecule has 108 valence electrons. The van der Waals surface area contributed by atoms with Crippen LogP contribution in [0.4, 0.5) is 0 Å². The summed E-state index contributed by atoms with van der Waals surface area (Å²) in [6.07, 6.45) is 0.675. The lowest BCUT2D eigenvalue weighted by atomic mass is 10.2. The zero-order valence-electron chi connectivity index (χ0n) is 11.4. The van der Waals surface area contributed by atoms with Gasteiger partial charge in [0, 0.05) is 17.3 Å². The van der Waals surface area contributed by atoms with Gasteiger partial charge in [0.25, 0.3) is 0 Å². The van der Waals surface area contributed by atoms with E-state index in [1.54, 1.807) is 6.07 Å². The SMILES string of the molecule is Cc1ccc2c(c1)nc(CCCl)n2-c1ccc(Cl)cc1Cl. The third kappa shape index (κ3) is 2.76. The number of imidazole rings is 1. The molecule has 0 N–H and O–H groups in total. The van der Waals surface area contributed by atoms with Gasteiger partial charge in [-0.05, 0) is 42.8 Å². The summed E-state index contributed by atoms with van der Waals surface area (Å²) in [4.78, 5) is 4.69. The van der Waals surface area contributed by atoms with E-state index in [-0.39, 0.29) is 0 Å². The van der Waals surface area contributed by atoms with Gasteiger partial charge >= 0.3 is 0 Å². The number of aromatic nitrogens is 2. The minimum Gasteiger partial charge on any atom is -0.295 e. The van der Waals surface area contributed by atoms with Crippen molar-refractivity contribution in [2.45, 2.75) is 13.3 Å². The summed E-state index contributed by atoms with van der Waals surface area (Å²) in [6.45, 7) is 2.05. The van der Waals surface area contributed by atoms with Crippen LogP contribution in [0.1, 0.15) is 11.4 Å². The molecule has 2 aromatic carbocycles. The fourth-order valence-electron chi connectivity index (χ4n) is 2.42. The van der Waals surface area contributed by atoms with E-state index >= 15 is 0 Å². The molecule has 0 amide bonds. The highest BCUT2D eigenvalue weighted by Gasteiger charge is 2.14. The molecular formula is C16H13Cl3N2. The third-order valence-electron chi connectivity index (χ3n) is 3.35. The molecule has 0 spiro atoms. The molecule has 2 nitrogen and oxygen atoms in total. The number of rotatable bonds is 3. The van der Waals surface area contributed by atoms with Gasteiger partial charge in [0.1, 0.15) is 5.82 Å². The monoisotopic (exact) mass is 338 g/mol. The first-order chi connectivity index (χ1) is 10.1. The maximum atomic E-state index is 6.36. The van der Waals surface area contributed by atoms with Crippen LogP contribution in [0.15, 0.2) is 36.4 Å². The molecule has 1 aromatic heterocycles. The summed E-state index contributed by atoms with van der Waals surface area (Å²) in [5, 5.41) is 1.21. The average Bonchev–Trinajstić information content (AvgIpc) is 2.76. The highest BCUT2D eigenvalue weighted by Crippen LogP contribution is 2.29. The molecule has 0 aliphatic rings. The summed E-state index contributed by atoms with van der Waals surface area (Å²) in [5.74, 6) is 1.41. The van der Waals surface area contributed by atoms with Crippen LogP contribution >= 0.6 is 34.8 Å². The predicted octanol–water partition coefficient (Wildman–Crippen LogP) is 5.42. The van der Waals surface area contributed by atoms with E-state index in [1.165, 1.54) is 5.56 Å². The van der Waals surface area contributed by atoms with Gasteiger partial charge in [-0.2, -0.15) is 0 Å². The lowest BCUT2D eigenvalue weighted by Gasteiger charge is -2.11. The standard InChI is InChI=1S/C16H13Cl3N2/c1-10-2-4-15-13(8-10)20-16(6-7-17)21(15)14-5-3-11(18)9-12(14)19/h2-5,8-9H,6-7H2,1H3. The van der Waals surface area contributed by atoms with E-state index in [1.807, 2.05) is 12.1 Å². The Bertz CT molecular complexity index is 809. The number of halogens is 3. The minimum atomic E-state index is 0.507. The van der Waals surface area contributed by atoms with E-state index in [0.29, 0.717) is 22.3 Å². The summed E-state index contributed by atoms with van der Waals surface area (Å²) in [6, 6.07) is 11.7. The molecule has 3 rings (SSSR count). The van der Waals surface area contributed by atoms with Crippen LogP contribution in [-0.2, 0) is 6.42 Å². The zero-order valence-corrected chi connectivity index (χ0v) is 13.7. The van der Waals surface area contributed by atoms with Gasteiger partial charge in [-0.15, -0.1) is 11.6 Å². The molecule has 0 atom stereocenters. The molecule has 0 saturated heterocycles. The summed E-state index contributed by atoms with van der Waals surface area (Å²) in [7, 11) is 0. The average molecular weight is 340 g/mol. The lowest BCUT2D eigenvalue weighted by Crippen LogP contribution is -2.02. The smallest absolute Gasteiger partial charge is 0.115 e. The van der Waals surface area contributed by atoms with Crippen molar-refractivity contribution < 1.29 is 0 Å². The van der Waals surface area contributed by atoms with Gasteiger partial charge in [0.15, 0.2) is 0 Å². The number of alkyl halides is 1. The van der Waals surface area contributed by atoms with Crippen LogP contribution in [0, 0.1) is 6.92 Å². The molecule has 1 heterocycles. The second-order valence-electron chi connectivity index (χ2n) is 4.89. The van der Waals surface area contributed by atoms with Gasteiger partial charge in [-0.25, -0.2) is 4.98 Å². The normalized spacial score (nSPS) is 11.2. The second kappa shape index (κ2) is 5.88. The van der Waals surface area contributed by atoms with Crippen molar-refractivity contribution in [2.75, 3.05) is 5.88 Å². The van der Waals surface area contributed by atoms with Gasteiger partial charge in [-0.3, -0.25) is 4.57 Å². The molecule has 0 aliphatic heterocycles. The molecule has 5 heteroatoms. The number of hydrogen-bond acceptors (Lipinski definition) is 1. The second-order valence-corrected chi connectivity index (χ2v) is 6.11. The zero-order chi connectivity index (χ0) is 15.0. The quantitative estimate of drug-likeness (QED) is 0.582. The lowest BCUT2D eigenvalue weighted by molar-refractivity contribution is 0.912. The fraction of sp³-hybridized carbons (Fsp3) is 0.188. The Morgan fingerprint density at radius 3 is 2.62 bits per heavy atom. The highest BCUT2D eigenvalue weighted by atomic mass is 35.5. The van der Waals surface area contributed by atoms with Gasteiger partial charge in [0.2, 0.25) is 0 Å². The van der Waals surface area contributed by atoms with Crippen molar-refractivity contribution in [2.24, 2.45) is 0 Å². The van der Waals surface area contributed by atoms with Crippen LogP contribution in [0.3, 0.4) is 0 Å². The maximum Gasteiger partial charge on any atom is 0.115 e. The number of nitrogens with zero attached hydrogens (tertiary/aromatic N) is 2. The van der Waals surface area contributed by atoms with Gasteiger partial charge < -0.3 is 0 Å². The Hall–Kier alpha value is -1.22. The minimum absolute atomic E-state index is 0.507. The first kappa shape index (κ1) is 14.7. The van der Waals surface area contributed by atoms with Gasteiger partial charge in [-0.1, -0.05) is 29.3 Å². The third-order valence-corrected chi connectivity index (χ3v) is 4.07. The Labute approximate surface area is 138 Å². The maximum absolute atomic E-state index is 6.36. The summed E-state index contributed by atoms with van der Waals surface area (Å²) < 4.78 is 2.05. The van der Waals surface area contributed by atoms with Crippen molar-refractivity contribution >= 4 is 45.8 Å². The molecule has 0 saturated carbocycles. The molecule has 0 aliphatic carbocycles. The summed E-state index contributed by atoms with van der Waals surface area (Å²) in [5.41, 5.74) is 4.00. The topological polar surface area (TPSA) is 17.8 Å². The molecule has 3 aromatic rings. The van der Waals surface area contributed by atoms with E-state index < -0.39 is 0 Å². The van der Waals surface area contributed by atoms with Crippen molar-refractivity contribution in [3.63, 3.8) is 0 Å². The summed E-state index contributed by atoms with van der Waals surface area (Å²) >= 11 is 18.3. The predicted molar refractivity (Wildman–Crippen MR) is 90.3 cm³/mol. The number of hydrogen-bond donors (Lipinski definition) is 0. The van der Waals surface area contributed by atoms with Crippen LogP contribution in [-0.4, -0.2) is 15.4 Å². The van der Waals surface area contributed by atoms with Crippen LogP contribution in [0.25, 0.3) is 16.7 Å². The van der Waals surface area contributed by atoms with Crippen molar-refractivity contribution in [1.29, 1.82) is 0 Å². The number of fused-ring (bicyclic) bond motifs is 1. The first-order valence-electron chi connectivity index (χ1n) is 6.59. The molecule has 0 unspecified atom stereocenters. The molecule has 0 bridgehead atoms. The van der Waals surface area contributed by atoms with E-state index in [2.05, 4.69) is 29.7 Å².